The largest absolute Gasteiger partial charge is 0.326 e. The highest BCUT2D eigenvalue weighted by Gasteiger charge is 2.24. The van der Waals surface area contributed by atoms with Gasteiger partial charge in [-0.1, -0.05) is 12.1 Å². The average molecular weight is 328 g/mol. The van der Waals surface area contributed by atoms with Crippen molar-refractivity contribution in [3.05, 3.63) is 51.5 Å². The van der Waals surface area contributed by atoms with Crippen LogP contribution in [-0.2, 0) is 16.6 Å². The van der Waals surface area contributed by atoms with Gasteiger partial charge in [0, 0.05) is 17.5 Å². The normalized spacial score (nSPS) is 13.3. The summed E-state index contributed by atoms with van der Waals surface area (Å²) in [6.07, 6.45) is 0. The number of nitrogens with two attached hydrogens (primary N) is 1. The molecule has 0 aliphatic carbocycles. The van der Waals surface area contributed by atoms with Crippen LogP contribution in [0.5, 0.6) is 0 Å². The lowest BCUT2D eigenvalue weighted by molar-refractivity contribution is 0.563. The van der Waals surface area contributed by atoms with Crippen LogP contribution in [0.1, 0.15) is 29.0 Å². The minimum Gasteiger partial charge on any atom is -0.326 e. The number of hydrogen-bond acceptors (Lipinski definition) is 4. The first kappa shape index (κ1) is 16.1. The van der Waals surface area contributed by atoms with Gasteiger partial charge in [0.25, 0.3) is 0 Å². The Hall–Kier alpha value is -1.28. The fourth-order valence-corrected chi connectivity index (χ4v) is 5.06. The maximum absolute atomic E-state index is 13.2. The fourth-order valence-electron chi connectivity index (χ4n) is 2.12. The number of benzene rings is 1. The summed E-state index contributed by atoms with van der Waals surface area (Å²) < 4.78 is 40.8. The van der Waals surface area contributed by atoms with E-state index in [0.29, 0.717) is 16.0 Å². The zero-order valence-corrected chi connectivity index (χ0v) is 13.4. The number of halogens is 1. The summed E-state index contributed by atoms with van der Waals surface area (Å²) in [5.41, 5.74) is 6.83. The molecule has 0 aliphatic rings. The first-order valence-electron chi connectivity index (χ1n) is 6.40. The Bertz CT molecular complexity index is 741. The molecule has 0 amide bonds. The van der Waals surface area contributed by atoms with E-state index in [0.717, 1.165) is 0 Å². The van der Waals surface area contributed by atoms with Crippen molar-refractivity contribution in [1.29, 1.82) is 0 Å². The molecule has 114 valence electrons. The summed E-state index contributed by atoms with van der Waals surface area (Å²) in [4.78, 5) is 0.852. The number of hydrogen-bond donors (Lipinski definition) is 2. The molecule has 3 N–H and O–H groups in total. The summed E-state index contributed by atoms with van der Waals surface area (Å²) in [7, 11) is -3.69. The van der Waals surface area contributed by atoms with Crippen LogP contribution in [0, 0.1) is 12.7 Å². The smallest absolute Gasteiger partial charge is 0.242 e. The lowest BCUT2D eigenvalue weighted by Crippen LogP contribution is -2.28. The highest BCUT2D eigenvalue weighted by atomic mass is 32.2. The van der Waals surface area contributed by atoms with E-state index in [-0.39, 0.29) is 11.4 Å². The first-order chi connectivity index (χ1) is 9.85. The molecular formula is C14H17FN2O2S2. The molecule has 0 bridgehead atoms. The van der Waals surface area contributed by atoms with Crippen molar-refractivity contribution in [2.75, 3.05) is 0 Å². The van der Waals surface area contributed by atoms with Gasteiger partial charge in [-0.15, -0.1) is 11.3 Å². The van der Waals surface area contributed by atoms with Crippen molar-refractivity contribution >= 4 is 21.4 Å². The summed E-state index contributed by atoms with van der Waals surface area (Å²) >= 11 is 1.32. The highest BCUT2D eigenvalue weighted by molar-refractivity contribution is 7.89. The molecule has 2 aromatic rings. The molecule has 2 rings (SSSR count). The lowest BCUT2D eigenvalue weighted by Gasteiger charge is -2.15. The molecule has 1 aromatic carbocycles. The van der Waals surface area contributed by atoms with Crippen LogP contribution in [0.4, 0.5) is 4.39 Å². The topological polar surface area (TPSA) is 72.2 Å². The predicted octanol–water partition coefficient (Wildman–Crippen LogP) is 2.69. The van der Waals surface area contributed by atoms with E-state index in [9.17, 15) is 12.8 Å². The first-order valence-corrected chi connectivity index (χ1v) is 8.76. The monoisotopic (exact) mass is 328 g/mol. The minimum atomic E-state index is -3.69. The zero-order valence-electron chi connectivity index (χ0n) is 11.8. The van der Waals surface area contributed by atoms with Crippen molar-refractivity contribution in [3.8, 4) is 0 Å². The van der Waals surface area contributed by atoms with Gasteiger partial charge in [-0.05, 0) is 42.5 Å². The van der Waals surface area contributed by atoms with E-state index >= 15 is 0 Å². The van der Waals surface area contributed by atoms with Gasteiger partial charge in [0.05, 0.1) is 0 Å². The Kier molecular flexibility index (Phi) is 4.77. The Labute approximate surface area is 127 Å². The van der Waals surface area contributed by atoms with Crippen LogP contribution in [0.15, 0.2) is 34.5 Å². The molecule has 1 atom stereocenters. The SMILES string of the molecule is Cc1csc(CN)c1S(=O)(=O)NC(C)c1cccc(F)c1. The number of thiophene rings is 1. The van der Waals surface area contributed by atoms with E-state index in [1.807, 2.05) is 0 Å². The number of rotatable bonds is 5. The van der Waals surface area contributed by atoms with Crippen molar-refractivity contribution in [2.24, 2.45) is 5.73 Å². The molecule has 0 radical (unpaired) electrons. The molecule has 7 heteroatoms. The summed E-state index contributed by atoms with van der Waals surface area (Å²) in [6.45, 7) is 3.58. The predicted molar refractivity (Wildman–Crippen MR) is 82.1 cm³/mol. The highest BCUT2D eigenvalue weighted by Crippen LogP contribution is 2.27. The third-order valence-electron chi connectivity index (χ3n) is 3.12. The van der Waals surface area contributed by atoms with Gasteiger partial charge in [-0.2, -0.15) is 0 Å². The Morgan fingerprint density at radius 2 is 2.14 bits per heavy atom. The van der Waals surface area contributed by atoms with Gasteiger partial charge in [0.15, 0.2) is 0 Å². The number of sulfonamides is 1. The van der Waals surface area contributed by atoms with Gasteiger partial charge in [-0.3, -0.25) is 0 Å². The second-order valence-electron chi connectivity index (χ2n) is 4.77. The van der Waals surface area contributed by atoms with Crippen molar-refractivity contribution in [3.63, 3.8) is 0 Å². The molecule has 0 saturated heterocycles. The molecule has 1 aromatic heterocycles. The average Bonchev–Trinajstić information content (AvgIpc) is 2.80. The van der Waals surface area contributed by atoms with Crippen LogP contribution >= 0.6 is 11.3 Å². The van der Waals surface area contributed by atoms with Gasteiger partial charge in [-0.25, -0.2) is 17.5 Å². The number of aryl methyl sites for hydroxylation is 1. The molecule has 0 spiro atoms. The third-order valence-corrected chi connectivity index (χ3v) is 6.15. The summed E-state index contributed by atoms with van der Waals surface area (Å²) in [6, 6.07) is 5.34. The quantitative estimate of drug-likeness (QED) is 0.886. The molecule has 1 heterocycles. The standard InChI is InChI=1S/C14H17FN2O2S2/c1-9-8-20-13(7-16)14(9)21(18,19)17-10(2)11-4-3-5-12(15)6-11/h3-6,8,10,17H,7,16H2,1-2H3. The van der Waals surface area contributed by atoms with E-state index in [1.165, 1.54) is 23.5 Å². The Morgan fingerprint density at radius 3 is 2.76 bits per heavy atom. The van der Waals surface area contributed by atoms with Crippen molar-refractivity contribution < 1.29 is 12.8 Å². The van der Waals surface area contributed by atoms with Crippen molar-refractivity contribution in [1.82, 2.24) is 4.72 Å². The lowest BCUT2D eigenvalue weighted by atomic mass is 10.1. The van der Waals surface area contributed by atoms with Crippen LogP contribution in [0.25, 0.3) is 0 Å². The van der Waals surface area contributed by atoms with Crippen LogP contribution in [-0.4, -0.2) is 8.42 Å². The molecule has 1 unspecified atom stereocenters. The van der Waals surface area contributed by atoms with E-state index in [4.69, 9.17) is 5.73 Å². The second kappa shape index (κ2) is 6.23. The van der Waals surface area contributed by atoms with Gasteiger partial charge in [0.1, 0.15) is 10.7 Å². The van der Waals surface area contributed by atoms with Gasteiger partial charge < -0.3 is 5.73 Å². The van der Waals surface area contributed by atoms with E-state index < -0.39 is 21.9 Å². The van der Waals surface area contributed by atoms with Gasteiger partial charge in [0.2, 0.25) is 10.0 Å². The summed E-state index contributed by atoms with van der Waals surface area (Å²) in [5, 5.41) is 1.77. The van der Waals surface area contributed by atoms with Crippen LogP contribution in [0.3, 0.4) is 0 Å². The zero-order chi connectivity index (χ0) is 15.6. The Morgan fingerprint density at radius 1 is 1.43 bits per heavy atom. The Balaban J connectivity index is 2.31. The molecule has 0 aliphatic heterocycles. The molecule has 0 fully saturated rings. The van der Waals surface area contributed by atoms with Crippen LogP contribution < -0.4 is 10.5 Å². The van der Waals surface area contributed by atoms with E-state index in [1.54, 1.807) is 31.4 Å². The molecular weight excluding hydrogens is 311 g/mol. The third kappa shape index (κ3) is 3.49. The van der Waals surface area contributed by atoms with Crippen LogP contribution in [0.2, 0.25) is 0 Å². The molecule has 21 heavy (non-hydrogen) atoms. The van der Waals surface area contributed by atoms with Gasteiger partial charge >= 0.3 is 0 Å². The molecule has 0 saturated carbocycles. The fraction of sp³-hybridized carbons (Fsp3) is 0.286. The molecule has 4 nitrogen and oxygen atoms in total. The maximum atomic E-state index is 13.2. The summed E-state index contributed by atoms with van der Waals surface area (Å²) in [5.74, 6) is -0.395. The minimum absolute atomic E-state index is 0.170. The van der Waals surface area contributed by atoms with Crippen molar-refractivity contribution in [2.45, 2.75) is 31.3 Å². The maximum Gasteiger partial charge on any atom is 0.242 e. The van der Waals surface area contributed by atoms with E-state index in [2.05, 4.69) is 4.72 Å². The second-order valence-corrected chi connectivity index (χ2v) is 7.39. The number of nitrogens with one attached hydrogen (secondary N) is 1.